The number of benzene rings is 7. The van der Waals surface area contributed by atoms with Crippen LogP contribution in [0.1, 0.15) is 25.0 Å². The van der Waals surface area contributed by atoms with E-state index in [1.54, 1.807) is 11.3 Å². The standard InChI is InChI=1S/C44H32N2S/c1-44(2)38-17-9-8-16-36(38)37-25-23-33(27-39(37)44)46(41-18-10-14-31-13-6-7-15-35(31)41)34-24-26-40-42(28-34)47-43(45-40)32-21-19-30(20-22-32)29-11-4-3-5-12-29/h3-28H,1-2H3. The van der Waals surface area contributed by atoms with Crippen LogP contribution >= 0.6 is 11.3 Å². The first-order valence-electron chi connectivity index (χ1n) is 16.1. The van der Waals surface area contributed by atoms with E-state index in [9.17, 15) is 0 Å². The second-order valence-electron chi connectivity index (χ2n) is 12.8. The Labute approximate surface area is 279 Å². The molecule has 1 aromatic heterocycles. The van der Waals surface area contributed by atoms with E-state index in [4.69, 9.17) is 4.98 Å². The Morgan fingerprint density at radius 1 is 0.532 bits per heavy atom. The van der Waals surface area contributed by atoms with Crippen molar-refractivity contribution in [3.63, 3.8) is 0 Å². The number of thiazole rings is 1. The van der Waals surface area contributed by atoms with Gasteiger partial charge < -0.3 is 4.90 Å². The van der Waals surface area contributed by atoms with Gasteiger partial charge in [0.1, 0.15) is 5.01 Å². The SMILES string of the molecule is CC1(C)c2ccccc2-c2ccc(N(c3ccc4nc(-c5ccc(-c6ccccc6)cc5)sc4c3)c3cccc4ccccc34)cc21. The Morgan fingerprint density at radius 2 is 1.19 bits per heavy atom. The van der Waals surface area contributed by atoms with Gasteiger partial charge >= 0.3 is 0 Å². The highest BCUT2D eigenvalue weighted by Gasteiger charge is 2.35. The summed E-state index contributed by atoms with van der Waals surface area (Å²) >= 11 is 1.75. The molecule has 0 radical (unpaired) electrons. The predicted molar refractivity (Wildman–Crippen MR) is 200 cm³/mol. The van der Waals surface area contributed by atoms with Crippen LogP contribution in [-0.4, -0.2) is 4.98 Å². The van der Waals surface area contributed by atoms with Crippen molar-refractivity contribution in [3.8, 4) is 32.8 Å². The van der Waals surface area contributed by atoms with Gasteiger partial charge in [-0.3, -0.25) is 0 Å². The molecule has 0 N–H and O–H groups in total. The lowest BCUT2D eigenvalue weighted by atomic mass is 9.82. The number of fused-ring (bicyclic) bond motifs is 5. The van der Waals surface area contributed by atoms with Crippen molar-refractivity contribution in [2.24, 2.45) is 0 Å². The molecule has 3 heteroatoms. The molecule has 0 bridgehead atoms. The molecule has 7 aromatic carbocycles. The zero-order valence-electron chi connectivity index (χ0n) is 26.3. The lowest BCUT2D eigenvalue weighted by Crippen LogP contribution is -2.16. The molecule has 0 unspecified atom stereocenters. The number of hydrogen-bond donors (Lipinski definition) is 0. The van der Waals surface area contributed by atoms with Gasteiger partial charge in [-0.1, -0.05) is 135 Å². The fourth-order valence-corrected chi connectivity index (χ4v) is 8.28. The minimum Gasteiger partial charge on any atom is -0.310 e. The lowest BCUT2D eigenvalue weighted by molar-refractivity contribution is 0.660. The normalized spacial score (nSPS) is 13.1. The van der Waals surface area contributed by atoms with Crippen molar-refractivity contribution in [1.82, 2.24) is 4.98 Å². The van der Waals surface area contributed by atoms with Crippen molar-refractivity contribution < 1.29 is 0 Å². The molecule has 0 spiro atoms. The van der Waals surface area contributed by atoms with Gasteiger partial charge in [-0.25, -0.2) is 4.98 Å². The third kappa shape index (κ3) is 4.58. The van der Waals surface area contributed by atoms with Crippen LogP contribution < -0.4 is 4.90 Å². The molecule has 47 heavy (non-hydrogen) atoms. The van der Waals surface area contributed by atoms with Gasteiger partial charge in [-0.05, 0) is 75.2 Å². The molecule has 9 rings (SSSR count). The molecule has 0 saturated heterocycles. The third-order valence-corrected chi connectivity index (χ3v) is 10.8. The van der Waals surface area contributed by atoms with Gasteiger partial charge in [0.25, 0.3) is 0 Å². The molecule has 1 aliphatic rings. The first-order chi connectivity index (χ1) is 23.0. The Hall–Kier alpha value is -5.51. The van der Waals surface area contributed by atoms with Crippen LogP contribution in [0.5, 0.6) is 0 Å². The molecule has 1 aliphatic carbocycles. The van der Waals surface area contributed by atoms with E-state index >= 15 is 0 Å². The van der Waals surface area contributed by atoms with Crippen LogP contribution in [0.15, 0.2) is 158 Å². The van der Waals surface area contributed by atoms with E-state index in [0.717, 1.165) is 33.1 Å². The van der Waals surface area contributed by atoms with Crippen LogP contribution in [0.2, 0.25) is 0 Å². The van der Waals surface area contributed by atoms with Crippen molar-refractivity contribution in [1.29, 1.82) is 0 Å². The Kier molecular flexibility index (Phi) is 6.38. The van der Waals surface area contributed by atoms with Crippen molar-refractivity contribution in [3.05, 3.63) is 169 Å². The lowest BCUT2D eigenvalue weighted by Gasteiger charge is -2.29. The Morgan fingerprint density at radius 3 is 2.06 bits per heavy atom. The summed E-state index contributed by atoms with van der Waals surface area (Å²) in [6.45, 7) is 4.70. The maximum Gasteiger partial charge on any atom is 0.124 e. The summed E-state index contributed by atoms with van der Waals surface area (Å²) in [5.41, 5.74) is 13.4. The number of anilines is 3. The molecular weight excluding hydrogens is 589 g/mol. The number of nitrogens with zero attached hydrogens (tertiary/aromatic N) is 2. The molecule has 0 aliphatic heterocycles. The van der Waals surface area contributed by atoms with E-state index in [-0.39, 0.29) is 5.41 Å². The van der Waals surface area contributed by atoms with E-state index in [0.29, 0.717) is 0 Å². The molecule has 0 fully saturated rings. The zero-order chi connectivity index (χ0) is 31.5. The summed E-state index contributed by atoms with van der Waals surface area (Å²) in [4.78, 5) is 7.50. The van der Waals surface area contributed by atoms with Gasteiger partial charge in [0.05, 0.1) is 15.9 Å². The monoisotopic (exact) mass is 620 g/mol. The number of aromatic nitrogens is 1. The van der Waals surface area contributed by atoms with Crippen LogP contribution in [0.3, 0.4) is 0 Å². The summed E-state index contributed by atoms with van der Waals surface area (Å²) in [7, 11) is 0. The topological polar surface area (TPSA) is 16.1 Å². The summed E-state index contributed by atoms with van der Waals surface area (Å²) < 4.78 is 1.17. The summed E-state index contributed by atoms with van der Waals surface area (Å²) in [6, 6.07) is 57.1. The van der Waals surface area contributed by atoms with E-state index in [1.807, 2.05) is 0 Å². The second kappa shape index (κ2) is 10.8. The van der Waals surface area contributed by atoms with Crippen LogP contribution in [-0.2, 0) is 5.41 Å². The molecule has 224 valence electrons. The maximum atomic E-state index is 5.07. The molecule has 0 atom stereocenters. The average molecular weight is 621 g/mol. The molecule has 0 saturated carbocycles. The van der Waals surface area contributed by atoms with Gasteiger partial charge in [-0.15, -0.1) is 11.3 Å². The zero-order valence-corrected chi connectivity index (χ0v) is 27.1. The Bertz CT molecular complexity index is 2430. The number of hydrogen-bond acceptors (Lipinski definition) is 3. The highest BCUT2D eigenvalue weighted by atomic mass is 32.1. The maximum absolute atomic E-state index is 5.07. The van der Waals surface area contributed by atoms with Gasteiger partial charge in [-0.2, -0.15) is 0 Å². The minimum absolute atomic E-state index is 0.0844. The first kappa shape index (κ1) is 27.8. The van der Waals surface area contributed by atoms with E-state index < -0.39 is 0 Å². The van der Waals surface area contributed by atoms with Gasteiger partial charge in [0.2, 0.25) is 0 Å². The second-order valence-corrected chi connectivity index (χ2v) is 13.9. The van der Waals surface area contributed by atoms with Crippen molar-refractivity contribution >= 4 is 49.4 Å². The van der Waals surface area contributed by atoms with Crippen molar-refractivity contribution in [2.45, 2.75) is 19.3 Å². The Balaban J connectivity index is 1.17. The smallest absolute Gasteiger partial charge is 0.124 e. The van der Waals surface area contributed by atoms with E-state index in [1.165, 1.54) is 48.9 Å². The highest BCUT2D eigenvalue weighted by Crippen LogP contribution is 2.51. The molecule has 0 amide bonds. The largest absolute Gasteiger partial charge is 0.310 e. The fourth-order valence-electron chi connectivity index (χ4n) is 7.27. The van der Waals surface area contributed by atoms with Crippen LogP contribution in [0, 0.1) is 0 Å². The quantitative estimate of drug-likeness (QED) is 0.190. The fraction of sp³-hybridized carbons (Fsp3) is 0.0682. The molecule has 1 heterocycles. The summed E-state index contributed by atoms with van der Waals surface area (Å²) in [5, 5.41) is 3.48. The van der Waals surface area contributed by atoms with Gasteiger partial charge in [0, 0.05) is 27.7 Å². The predicted octanol–water partition coefficient (Wildman–Crippen LogP) is 12.6. The molecule has 2 nitrogen and oxygen atoms in total. The highest BCUT2D eigenvalue weighted by molar-refractivity contribution is 7.21. The van der Waals surface area contributed by atoms with Gasteiger partial charge in [0.15, 0.2) is 0 Å². The van der Waals surface area contributed by atoms with E-state index in [2.05, 4.69) is 176 Å². The van der Waals surface area contributed by atoms with Crippen LogP contribution in [0.4, 0.5) is 17.1 Å². The third-order valence-electron chi connectivity index (χ3n) is 9.70. The number of rotatable bonds is 5. The summed E-state index contributed by atoms with van der Waals surface area (Å²) in [6.07, 6.45) is 0. The molecular formula is C44H32N2S. The van der Waals surface area contributed by atoms with Crippen LogP contribution in [0.25, 0.3) is 53.8 Å². The summed E-state index contributed by atoms with van der Waals surface area (Å²) in [5.74, 6) is 0. The first-order valence-corrected chi connectivity index (χ1v) is 16.9. The average Bonchev–Trinajstić information content (AvgIpc) is 3.65. The minimum atomic E-state index is -0.0844. The molecule has 8 aromatic rings. The van der Waals surface area contributed by atoms with Crippen molar-refractivity contribution in [2.75, 3.05) is 4.90 Å².